The van der Waals surface area contributed by atoms with Crippen molar-refractivity contribution in [2.75, 3.05) is 23.7 Å². The molecule has 0 radical (unpaired) electrons. The molecule has 1 N–H and O–H groups in total. The highest BCUT2D eigenvalue weighted by atomic mass is 35.5. The highest BCUT2D eigenvalue weighted by Gasteiger charge is 2.33. The quantitative estimate of drug-likeness (QED) is 0.304. The number of nitrogens with one attached hydrogen (secondary N) is 1. The van der Waals surface area contributed by atoms with Gasteiger partial charge in [-0.3, -0.25) is 13.9 Å². The van der Waals surface area contributed by atoms with Crippen LogP contribution < -0.4 is 9.62 Å². The monoisotopic (exact) mass is 583 g/mol. The van der Waals surface area contributed by atoms with E-state index >= 15 is 0 Å². The molecule has 0 saturated carbocycles. The van der Waals surface area contributed by atoms with Gasteiger partial charge in [0.25, 0.3) is 0 Å². The number of anilines is 1. The summed E-state index contributed by atoms with van der Waals surface area (Å²) in [4.78, 5) is 29.2. The minimum atomic E-state index is -3.81. The Balaban J connectivity index is 2.04. The van der Waals surface area contributed by atoms with Gasteiger partial charge in [0.15, 0.2) is 0 Å². The molecule has 0 saturated heterocycles. The van der Waals surface area contributed by atoms with E-state index in [0.717, 1.165) is 28.1 Å². The van der Waals surface area contributed by atoms with Gasteiger partial charge in [-0.15, -0.1) is 0 Å². The molecule has 0 aliphatic carbocycles. The standard InChI is InChI=1S/C31H38ClN3O4S/c1-5-24-15-17-27(18-16-24)35(40(4,38)39)22-30(36)34(21-26-13-9-10-14-28(26)32)29(31(37)33-20-23(2)3)19-25-11-7-6-8-12-25/h6-18,23,29H,5,19-22H2,1-4H3,(H,33,37). The van der Waals surface area contributed by atoms with Gasteiger partial charge in [0.1, 0.15) is 12.6 Å². The van der Waals surface area contributed by atoms with E-state index in [1.54, 1.807) is 30.3 Å². The van der Waals surface area contributed by atoms with Crippen LogP contribution >= 0.6 is 11.6 Å². The molecule has 0 fully saturated rings. The summed E-state index contributed by atoms with van der Waals surface area (Å²) in [5, 5.41) is 3.42. The van der Waals surface area contributed by atoms with Crippen LogP contribution in [0.15, 0.2) is 78.9 Å². The maximum atomic E-state index is 14.1. The zero-order valence-corrected chi connectivity index (χ0v) is 25.1. The topological polar surface area (TPSA) is 86.8 Å². The molecule has 0 heterocycles. The van der Waals surface area contributed by atoms with Crippen molar-refractivity contribution in [3.8, 4) is 0 Å². The Morgan fingerprint density at radius 2 is 1.52 bits per heavy atom. The van der Waals surface area contributed by atoms with Crippen LogP contribution in [0.3, 0.4) is 0 Å². The van der Waals surface area contributed by atoms with Crippen molar-refractivity contribution in [1.82, 2.24) is 10.2 Å². The molecule has 3 rings (SSSR count). The summed E-state index contributed by atoms with van der Waals surface area (Å²) in [6.45, 7) is 6.02. The minimum absolute atomic E-state index is 0.0392. The van der Waals surface area contributed by atoms with Crippen molar-refractivity contribution in [2.45, 2.75) is 46.2 Å². The molecule has 0 aliphatic rings. The fourth-order valence-electron chi connectivity index (χ4n) is 4.30. The normalized spacial score (nSPS) is 12.2. The van der Waals surface area contributed by atoms with Gasteiger partial charge in [-0.1, -0.05) is 93.0 Å². The smallest absolute Gasteiger partial charge is 0.244 e. The fourth-order valence-corrected chi connectivity index (χ4v) is 5.34. The van der Waals surface area contributed by atoms with E-state index in [1.165, 1.54) is 4.90 Å². The second kappa shape index (κ2) is 14.3. The zero-order chi connectivity index (χ0) is 29.3. The maximum Gasteiger partial charge on any atom is 0.244 e. The first-order valence-electron chi connectivity index (χ1n) is 13.4. The molecular weight excluding hydrogens is 546 g/mol. The van der Waals surface area contributed by atoms with Crippen molar-refractivity contribution in [1.29, 1.82) is 0 Å². The molecule has 0 bridgehead atoms. The van der Waals surface area contributed by atoms with Crippen LogP contribution in [0.4, 0.5) is 5.69 Å². The highest BCUT2D eigenvalue weighted by Crippen LogP contribution is 2.23. The third-order valence-corrected chi connectivity index (χ3v) is 8.08. The van der Waals surface area contributed by atoms with Crippen molar-refractivity contribution in [3.05, 3.63) is 101 Å². The summed E-state index contributed by atoms with van der Waals surface area (Å²) >= 11 is 6.48. The second-order valence-corrected chi connectivity index (χ2v) is 12.6. The Bertz CT molecular complexity index is 1380. The molecule has 7 nitrogen and oxygen atoms in total. The number of hydrogen-bond donors (Lipinski definition) is 1. The summed E-state index contributed by atoms with van der Waals surface area (Å²) in [7, 11) is -3.81. The first-order valence-corrected chi connectivity index (χ1v) is 15.6. The second-order valence-electron chi connectivity index (χ2n) is 10.2. The third kappa shape index (κ3) is 8.83. The van der Waals surface area contributed by atoms with Crippen LogP contribution in [0.5, 0.6) is 0 Å². The summed E-state index contributed by atoms with van der Waals surface area (Å²) in [5.74, 6) is -0.609. The van der Waals surface area contributed by atoms with E-state index in [1.807, 2.05) is 69.3 Å². The molecule has 40 heavy (non-hydrogen) atoms. The first kappa shape index (κ1) is 31.2. The number of halogens is 1. The minimum Gasteiger partial charge on any atom is -0.354 e. The van der Waals surface area contributed by atoms with E-state index < -0.39 is 28.5 Å². The number of nitrogens with zero attached hydrogens (tertiary/aromatic N) is 2. The molecule has 0 aliphatic heterocycles. The largest absolute Gasteiger partial charge is 0.354 e. The number of amides is 2. The summed E-state index contributed by atoms with van der Waals surface area (Å²) in [5.41, 5.74) is 2.97. The summed E-state index contributed by atoms with van der Waals surface area (Å²) < 4.78 is 26.9. The third-order valence-electron chi connectivity index (χ3n) is 6.57. The van der Waals surface area contributed by atoms with Crippen LogP contribution in [-0.4, -0.2) is 50.5 Å². The van der Waals surface area contributed by atoms with Crippen molar-refractivity contribution >= 4 is 39.1 Å². The lowest BCUT2D eigenvalue weighted by Crippen LogP contribution is -2.53. The van der Waals surface area contributed by atoms with Crippen LogP contribution in [0, 0.1) is 5.92 Å². The molecule has 3 aromatic carbocycles. The van der Waals surface area contributed by atoms with E-state index in [4.69, 9.17) is 11.6 Å². The Labute approximate surface area is 243 Å². The van der Waals surface area contributed by atoms with Crippen LogP contribution in [0.25, 0.3) is 0 Å². The lowest BCUT2D eigenvalue weighted by Gasteiger charge is -2.34. The van der Waals surface area contributed by atoms with Gasteiger partial charge in [0.2, 0.25) is 21.8 Å². The maximum absolute atomic E-state index is 14.1. The molecule has 2 amide bonds. The molecular formula is C31H38ClN3O4S. The Morgan fingerprint density at radius 3 is 2.10 bits per heavy atom. The lowest BCUT2D eigenvalue weighted by atomic mass is 10.0. The average molecular weight is 584 g/mol. The number of sulfonamides is 1. The van der Waals surface area contributed by atoms with Gasteiger partial charge in [0.05, 0.1) is 11.9 Å². The van der Waals surface area contributed by atoms with Crippen LogP contribution in [0.2, 0.25) is 5.02 Å². The molecule has 9 heteroatoms. The predicted molar refractivity (Wildman–Crippen MR) is 162 cm³/mol. The Kier molecular flexibility index (Phi) is 11.2. The molecule has 1 unspecified atom stereocenters. The number of benzene rings is 3. The van der Waals surface area contributed by atoms with Gasteiger partial charge in [0, 0.05) is 24.5 Å². The van der Waals surface area contributed by atoms with Gasteiger partial charge in [-0.25, -0.2) is 8.42 Å². The average Bonchev–Trinajstić information content (AvgIpc) is 2.93. The number of carbonyl (C=O) groups is 2. The first-order chi connectivity index (χ1) is 19.0. The molecule has 0 spiro atoms. The molecule has 3 aromatic rings. The van der Waals surface area contributed by atoms with Crippen molar-refractivity contribution < 1.29 is 18.0 Å². The molecule has 0 aromatic heterocycles. The van der Waals surface area contributed by atoms with Crippen LogP contribution in [-0.2, 0) is 39.0 Å². The van der Waals surface area contributed by atoms with Gasteiger partial charge in [-0.05, 0) is 47.2 Å². The van der Waals surface area contributed by atoms with Gasteiger partial charge < -0.3 is 10.2 Å². The van der Waals surface area contributed by atoms with Gasteiger partial charge >= 0.3 is 0 Å². The SMILES string of the molecule is CCc1ccc(N(CC(=O)N(Cc2ccccc2Cl)C(Cc2ccccc2)C(=O)NCC(C)C)S(C)(=O)=O)cc1. The number of hydrogen-bond acceptors (Lipinski definition) is 4. The van der Waals surface area contributed by atoms with E-state index in [0.29, 0.717) is 22.8 Å². The van der Waals surface area contributed by atoms with Crippen molar-refractivity contribution in [2.24, 2.45) is 5.92 Å². The molecule has 214 valence electrons. The van der Waals surface area contributed by atoms with Crippen LogP contribution in [0.1, 0.15) is 37.5 Å². The zero-order valence-electron chi connectivity index (χ0n) is 23.5. The summed E-state index contributed by atoms with van der Waals surface area (Å²) in [6, 6.07) is 22.8. The number of aryl methyl sites for hydroxylation is 1. The lowest BCUT2D eigenvalue weighted by molar-refractivity contribution is -0.140. The Morgan fingerprint density at radius 1 is 0.900 bits per heavy atom. The fraction of sp³-hybridized carbons (Fsp3) is 0.355. The van der Waals surface area contributed by atoms with E-state index in [2.05, 4.69) is 5.32 Å². The van der Waals surface area contributed by atoms with Gasteiger partial charge in [-0.2, -0.15) is 0 Å². The van der Waals surface area contributed by atoms with Crippen molar-refractivity contribution in [3.63, 3.8) is 0 Å². The predicted octanol–water partition coefficient (Wildman–Crippen LogP) is 5.08. The summed E-state index contributed by atoms with van der Waals surface area (Å²) in [6.07, 6.45) is 2.13. The highest BCUT2D eigenvalue weighted by molar-refractivity contribution is 7.92. The number of rotatable bonds is 13. The molecule has 1 atom stereocenters. The Hall–Kier alpha value is -3.36. The van der Waals surface area contributed by atoms with E-state index in [-0.39, 0.29) is 24.8 Å². The van der Waals surface area contributed by atoms with E-state index in [9.17, 15) is 18.0 Å². The number of carbonyl (C=O) groups excluding carboxylic acids is 2.